The maximum Gasteiger partial charge on any atom is 0.193 e. The molecule has 15 heavy (non-hydrogen) atoms. The number of halogens is 1. The van der Waals surface area contributed by atoms with Gasteiger partial charge in [0.15, 0.2) is 10.9 Å². The van der Waals surface area contributed by atoms with E-state index in [-0.39, 0.29) is 12.3 Å². The lowest BCUT2D eigenvalue weighted by Crippen LogP contribution is -2.17. The zero-order valence-electron chi connectivity index (χ0n) is 8.20. The molecule has 0 radical (unpaired) electrons. The Bertz CT molecular complexity index is 533. The van der Waals surface area contributed by atoms with Crippen LogP contribution in [0.1, 0.15) is 16.3 Å². The first-order chi connectivity index (χ1) is 7.15. The van der Waals surface area contributed by atoms with E-state index < -0.39 is 0 Å². The molecule has 2 aromatic rings. The molecule has 0 spiro atoms. The average molecular weight is 224 g/mol. The lowest BCUT2D eigenvalue weighted by atomic mass is 10.2. The van der Waals surface area contributed by atoms with Crippen molar-refractivity contribution < 1.29 is 4.79 Å². The summed E-state index contributed by atoms with van der Waals surface area (Å²) in [5, 5.41) is 0.402. The highest BCUT2D eigenvalue weighted by Crippen LogP contribution is 2.19. The topological polar surface area (TPSA) is 60.4 Å². The lowest BCUT2D eigenvalue weighted by molar-refractivity contribution is 0.0995. The highest BCUT2D eigenvalue weighted by atomic mass is 35.5. The molecule has 0 unspecified atom stereocenters. The number of hydrogen-bond donors (Lipinski definition) is 1. The molecule has 0 fully saturated rings. The van der Waals surface area contributed by atoms with Gasteiger partial charge < -0.3 is 5.73 Å². The molecule has 78 valence electrons. The van der Waals surface area contributed by atoms with E-state index in [4.69, 9.17) is 17.3 Å². The van der Waals surface area contributed by atoms with E-state index in [1.165, 1.54) is 0 Å². The van der Waals surface area contributed by atoms with Gasteiger partial charge in [0.1, 0.15) is 5.82 Å². The van der Waals surface area contributed by atoms with E-state index in [1.807, 2.05) is 6.07 Å². The van der Waals surface area contributed by atoms with Crippen LogP contribution in [0.3, 0.4) is 0 Å². The average Bonchev–Trinajstić information content (AvgIpc) is 2.54. The number of carbonyl (C=O) groups is 1. The van der Waals surface area contributed by atoms with Gasteiger partial charge in [0.25, 0.3) is 0 Å². The molecule has 4 nitrogen and oxygen atoms in total. The fourth-order valence-corrected chi connectivity index (χ4v) is 1.86. The maximum absolute atomic E-state index is 11.6. The normalized spacial score (nSPS) is 10.9. The molecular weight excluding hydrogens is 214 g/mol. The Labute approximate surface area is 91.7 Å². The minimum absolute atomic E-state index is 0.0195. The van der Waals surface area contributed by atoms with Gasteiger partial charge in [0.05, 0.1) is 17.8 Å². The summed E-state index contributed by atoms with van der Waals surface area (Å²) < 4.78 is 1.72. The standard InChI is InChI=1S/C10H10ClN3O/c1-6-13-10(11)8-4-2-3-7(14(6)8)9(15)5-12/h2-4H,5,12H2,1H3. The number of pyridine rings is 1. The minimum atomic E-state index is -0.127. The molecule has 0 amide bonds. The lowest BCUT2D eigenvalue weighted by Gasteiger charge is -2.04. The molecule has 0 bridgehead atoms. The quantitative estimate of drug-likeness (QED) is 0.784. The number of ketones is 1. The molecule has 0 aromatic carbocycles. The molecule has 5 heteroatoms. The van der Waals surface area contributed by atoms with Gasteiger partial charge in [0, 0.05) is 0 Å². The minimum Gasteiger partial charge on any atom is -0.324 e. The number of imidazole rings is 1. The Hall–Kier alpha value is -1.39. The van der Waals surface area contributed by atoms with Gasteiger partial charge >= 0.3 is 0 Å². The van der Waals surface area contributed by atoms with Gasteiger partial charge in [-0.05, 0) is 19.1 Å². The number of carbonyl (C=O) groups excluding carboxylic acids is 1. The predicted octanol–water partition coefficient (Wildman–Crippen LogP) is 1.44. The third kappa shape index (κ3) is 1.52. The van der Waals surface area contributed by atoms with E-state index in [2.05, 4.69) is 4.98 Å². The van der Waals surface area contributed by atoms with Crippen LogP contribution in [-0.4, -0.2) is 21.7 Å². The molecular formula is C10H10ClN3O. The van der Waals surface area contributed by atoms with Crippen molar-refractivity contribution in [1.29, 1.82) is 0 Å². The number of fused-ring (bicyclic) bond motifs is 1. The number of nitrogens with zero attached hydrogens (tertiary/aromatic N) is 2. The largest absolute Gasteiger partial charge is 0.324 e. The number of aryl methyl sites for hydroxylation is 1. The smallest absolute Gasteiger partial charge is 0.193 e. The molecule has 0 aliphatic carbocycles. The summed E-state index contributed by atoms with van der Waals surface area (Å²) in [5.41, 5.74) is 6.59. The second-order valence-corrected chi connectivity index (χ2v) is 3.57. The van der Waals surface area contributed by atoms with Crippen LogP contribution in [0.15, 0.2) is 18.2 Å². The van der Waals surface area contributed by atoms with Crippen LogP contribution in [0, 0.1) is 6.92 Å². The number of Topliss-reactive ketones (excluding diaryl/α,β-unsaturated/α-hetero) is 1. The Balaban J connectivity index is 2.80. The van der Waals surface area contributed by atoms with E-state index in [0.717, 1.165) is 5.52 Å². The molecule has 2 aromatic heterocycles. The van der Waals surface area contributed by atoms with Gasteiger partial charge in [-0.3, -0.25) is 9.20 Å². The molecule has 0 aliphatic rings. The number of aromatic nitrogens is 2. The predicted molar refractivity (Wildman–Crippen MR) is 58.3 cm³/mol. The van der Waals surface area contributed by atoms with E-state index in [9.17, 15) is 4.79 Å². The van der Waals surface area contributed by atoms with Crippen LogP contribution in [0.4, 0.5) is 0 Å². The summed E-state index contributed by atoms with van der Waals surface area (Å²) in [5.74, 6) is 0.560. The van der Waals surface area contributed by atoms with Crippen molar-refractivity contribution in [1.82, 2.24) is 9.38 Å². The molecule has 2 N–H and O–H groups in total. The molecule has 0 saturated heterocycles. The van der Waals surface area contributed by atoms with Gasteiger partial charge in [-0.1, -0.05) is 17.7 Å². The van der Waals surface area contributed by atoms with Crippen molar-refractivity contribution in [3.8, 4) is 0 Å². The molecule has 2 rings (SSSR count). The van der Waals surface area contributed by atoms with Crippen LogP contribution in [0.5, 0.6) is 0 Å². The van der Waals surface area contributed by atoms with Gasteiger partial charge in [-0.25, -0.2) is 4.98 Å². The van der Waals surface area contributed by atoms with Crippen LogP contribution in [0.2, 0.25) is 5.15 Å². The number of nitrogens with two attached hydrogens (primary N) is 1. The fourth-order valence-electron chi connectivity index (χ4n) is 1.59. The van der Waals surface area contributed by atoms with Gasteiger partial charge in [-0.15, -0.1) is 0 Å². The van der Waals surface area contributed by atoms with Crippen LogP contribution in [0.25, 0.3) is 5.52 Å². The first-order valence-electron chi connectivity index (χ1n) is 4.52. The molecule has 0 atom stereocenters. The third-order valence-electron chi connectivity index (χ3n) is 2.26. The highest BCUT2D eigenvalue weighted by Gasteiger charge is 2.13. The van der Waals surface area contributed by atoms with Crippen LogP contribution >= 0.6 is 11.6 Å². The van der Waals surface area contributed by atoms with Crippen LogP contribution < -0.4 is 5.73 Å². The van der Waals surface area contributed by atoms with Crippen molar-refractivity contribution in [2.75, 3.05) is 6.54 Å². The molecule has 0 saturated carbocycles. The monoisotopic (exact) mass is 223 g/mol. The SMILES string of the molecule is Cc1nc(Cl)c2cccc(C(=O)CN)n12. The summed E-state index contributed by atoms with van der Waals surface area (Å²) in [7, 11) is 0. The zero-order chi connectivity index (χ0) is 11.0. The third-order valence-corrected chi connectivity index (χ3v) is 2.53. The summed E-state index contributed by atoms with van der Waals surface area (Å²) in [6.07, 6.45) is 0. The Morgan fingerprint density at radius 1 is 1.60 bits per heavy atom. The van der Waals surface area contributed by atoms with Crippen molar-refractivity contribution in [3.63, 3.8) is 0 Å². The van der Waals surface area contributed by atoms with Crippen molar-refractivity contribution in [2.45, 2.75) is 6.92 Å². The maximum atomic E-state index is 11.6. The van der Waals surface area contributed by atoms with E-state index in [0.29, 0.717) is 16.7 Å². The zero-order valence-corrected chi connectivity index (χ0v) is 8.95. The van der Waals surface area contributed by atoms with E-state index >= 15 is 0 Å². The summed E-state index contributed by atoms with van der Waals surface area (Å²) in [6, 6.07) is 5.30. The number of rotatable bonds is 2. The molecule has 0 aliphatic heterocycles. The van der Waals surface area contributed by atoms with Crippen molar-refractivity contribution in [2.24, 2.45) is 5.73 Å². The number of hydrogen-bond acceptors (Lipinski definition) is 3. The van der Waals surface area contributed by atoms with Crippen molar-refractivity contribution >= 4 is 22.9 Å². The van der Waals surface area contributed by atoms with E-state index in [1.54, 1.807) is 23.5 Å². The van der Waals surface area contributed by atoms with Gasteiger partial charge in [0.2, 0.25) is 0 Å². The second-order valence-electron chi connectivity index (χ2n) is 3.21. The van der Waals surface area contributed by atoms with Gasteiger partial charge in [-0.2, -0.15) is 0 Å². The summed E-state index contributed by atoms with van der Waals surface area (Å²) >= 11 is 5.92. The summed E-state index contributed by atoms with van der Waals surface area (Å²) in [4.78, 5) is 15.7. The molecule has 2 heterocycles. The fraction of sp³-hybridized carbons (Fsp3) is 0.200. The second kappa shape index (κ2) is 3.64. The highest BCUT2D eigenvalue weighted by molar-refractivity contribution is 6.32. The Morgan fingerprint density at radius 3 is 3.00 bits per heavy atom. The van der Waals surface area contributed by atoms with Crippen molar-refractivity contribution in [3.05, 3.63) is 34.9 Å². The first kappa shape index (κ1) is 10.1. The Morgan fingerprint density at radius 2 is 2.33 bits per heavy atom. The van der Waals surface area contributed by atoms with Crippen LogP contribution in [-0.2, 0) is 0 Å². The Kier molecular flexibility index (Phi) is 2.46. The summed E-state index contributed by atoms with van der Waals surface area (Å²) in [6.45, 7) is 1.78. The first-order valence-corrected chi connectivity index (χ1v) is 4.89.